The normalized spacial score (nSPS) is 19.6. The molecule has 2 unspecified atom stereocenters. The minimum Gasteiger partial charge on any atom is -0.380 e. The Morgan fingerprint density at radius 3 is 2.54 bits per heavy atom. The summed E-state index contributed by atoms with van der Waals surface area (Å²) >= 11 is -0.0696. The molecule has 0 amide bonds. The second-order valence-electron chi connectivity index (χ2n) is 5.56. The standard InChI is InChI=1S/C14H23N3O4S3/c18-23(19)12-1-2-13(14(9-12)24(20)21)16-11(10-22)3-6-17-7-4-15-5-8-17/h1-2,9,11,15-16,22H,3-8,10H2,(H,18,19)(H,20,21)/t11-/m1/s1. The molecule has 1 saturated heterocycles. The van der Waals surface area contributed by atoms with E-state index in [0.717, 1.165) is 39.1 Å². The van der Waals surface area contributed by atoms with Gasteiger partial charge in [0.15, 0.2) is 22.2 Å². The molecule has 0 aliphatic carbocycles. The van der Waals surface area contributed by atoms with Crippen LogP contribution in [0.5, 0.6) is 0 Å². The minimum atomic E-state index is -2.25. The van der Waals surface area contributed by atoms with Crippen LogP contribution < -0.4 is 10.6 Å². The molecule has 1 aliphatic heterocycles. The third kappa shape index (κ3) is 5.80. The summed E-state index contributed by atoms with van der Waals surface area (Å²) in [4.78, 5) is 2.57. The fraction of sp³-hybridized carbons (Fsp3) is 0.571. The van der Waals surface area contributed by atoms with E-state index in [1.807, 2.05) is 0 Å². The molecule has 4 N–H and O–H groups in total. The monoisotopic (exact) mass is 393 g/mol. The summed E-state index contributed by atoms with van der Waals surface area (Å²) in [6, 6.07) is 4.35. The maximum absolute atomic E-state index is 11.5. The predicted molar refractivity (Wildman–Crippen MR) is 99.7 cm³/mol. The number of benzene rings is 1. The number of piperazine rings is 1. The van der Waals surface area contributed by atoms with E-state index in [0.29, 0.717) is 11.4 Å². The number of rotatable bonds is 8. The Bertz CT molecular complexity index is 597. The van der Waals surface area contributed by atoms with E-state index in [1.54, 1.807) is 6.07 Å². The lowest BCUT2D eigenvalue weighted by molar-refractivity contribution is 0.236. The van der Waals surface area contributed by atoms with Gasteiger partial charge in [-0.1, -0.05) is 0 Å². The smallest absolute Gasteiger partial charge is 0.188 e. The van der Waals surface area contributed by atoms with Gasteiger partial charge in [0.1, 0.15) is 0 Å². The van der Waals surface area contributed by atoms with Crippen molar-refractivity contribution in [2.45, 2.75) is 22.3 Å². The van der Waals surface area contributed by atoms with Gasteiger partial charge in [0.25, 0.3) is 0 Å². The first-order chi connectivity index (χ1) is 11.5. The van der Waals surface area contributed by atoms with Gasteiger partial charge in [-0.05, 0) is 24.6 Å². The number of anilines is 1. The van der Waals surface area contributed by atoms with Crippen LogP contribution in [0, 0.1) is 0 Å². The van der Waals surface area contributed by atoms with Gasteiger partial charge >= 0.3 is 0 Å². The summed E-state index contributed by atoms with van der Waals surface area (Å²) in [6.07, 6.45) is 0.856. The molecule has 1 aromatic rings. The van der Waals surface area contributed by atoms with E-state index in [2.05, 4.69) is 28.2 Å². The SMILES string of the molecule is O=S(O)c1ccc(N[C@@H](CS)CCN2CCNCC2)c(S(=O)O)c1. The zero-order valence-corrected chi connectivity index (χ0v) is 15.7. The third-order valence-corrected chi connectivity index (χ3v) is 5.74. The van der Waals surface area contributed by atoms with Crippen LogP contribution in [0.4, 0.5) is 5.69 Å². The van der Waals surface area contributed by atoms with Crippen molar-refractivity contribution in [3.63, 3.8) is 0 Å². The topological polar surface area (TPSA) is 102 Å². The molecular formula is C14H23N3O4S3. The molecule has 0 radical (unpaired) electrons. The Hall–Kier alpha value is -0.490. The lowest BCUT2D eigenvalue weighted by Crippen LogP contribution is -2.44. The fourth-order valence-electron chi connectivity index (χ4n) is 2.58. The molecule has 0 aromatic heterocycles. The second kappa shape index (κ2) is 9.85. The molecule has 0 bridgehead atoms. The first-order valence-corrected chi connectivity index (χ1v) is 10.5. The van der Waals surface area contributed by atoms with Gasteiger partial charge in [0.05, 0.1) is 15.5 Å². The van der Waals surface area contributed by atoms with Crippen molar-refractivity contribution < 1.29 is 17.5 Å². The average molecular weight is 394 g/mol. The molecule has 1 aliphatic rings. The predicted octanol–water partition coefficient (Wildman–Crippen LogP) is 0.853. The number of nitrogens with one attached hydrogen (secondary N) is 2. The number of hydrogen-bond acceptors (Lipinski definition) is 6. The van der Waals surface area contributed by atoms with Crippen molar-refractivity contribution in [2.75, 3.05) is 43.8 Å². The molecule has 2 rings (SSSR count). The van der Waals surface area contributed by atoms with Gasteiger partial charge in [0.2, 0.25) is 0 Å². The Morgan fingerprint density at radius 2 is 1.96 bits per heavy atom. The average Bonchev–Trinajstić information content (AvgIpc) is 2.59. The minimum absolute atomic E-state index is 0.0380. The van der Waals surface area contributed by atoms with E-state index < -0.39 is 22.2 Å². The molecule has 1 heterocycles. The summed E-state index contributed by atoms with van der Waals surface area (Å²) < 4.78 is 41.2. The van der Waals surface area contributed by atoms with Gasteiger partial charge < -0.3 is 24.6 Å². The van der Waals surface area contributed by atoms with Crippen LogP contribution in [0.2, 0.25) is 0 Å². The highest BCUT2D eigenvalue weighted by Gasteiger charge is 2.17. The molecule has 3 atom stereocenters. The lowest BCUT2D eigenvalue weighted by Gasteiger charge is -2.29. The van der Waals surface area contributed by atoms with Crippen LogP contribution in [0.15, 0.2) is 28.0 Å². The molecule has 1 aromatic carbocycles. The molecule has 0 saturated carbocycles. The van der Waals surface area contributed by atoms with Crippen molar-refractivity contribution in [3.05, 3.63) is 18.2 Å². The van der Waals surface area contributed by atoms with Gasteiger partial charge in [0, 0.05) is 44.5 Å². The van der Waals surface area contributed by atoms with E-state index in [9.17, 15) is 13.0 Å². The Labute approximate surface area is 152 Å². The van der Waals surface area contributed by atoms with Crippen LogP contribution in [0.25, 0.3) is 0 Å². The van der Waals surface area contributed by atoms with Gasteiger partial charge in [-0.3, -0.25) is 0 Å². The quantitative estimate of drug-likeness (QED) is 0.330. The maximum atomic E-state index is 11.5. The summed E-state index contributed by atoms with van der Waals surface area (Å²) in [7, 11) is 0. The maximum Gasteiger partial charge on any atom is 0.188 e. The Balaban J connectivity index is 2.03. The molecule has 24 heavy (non-hydrogen) atoms. The summed E-state index contributed by atoms with van der Waals surface area (Å²) in [5, 5.41) is 6.54. The highest BCUT2D eigenvalue weighted by atomic mass is 32.2. The van der Waals surface area contributed by atoms with Crippen molar-refractivity contribution in [3.8, 4) is 0 Å². The summed E-state index contributed by atoms with van der Waals surface area (Å²) in [6.45, 7) is 4.94. The van der Waals surface area contributed by atoms with Crippen LogP contribution in [-0.2, 0) is 22.2 Å². The highest BCUT2D eigenvalue weighted by molar-refractivity contribution is 7.80. The molecule has 136 valence electrons. The summed E-state index contributed by atoms with van der Waals surface area (Å²) in [5.74, 6) is 0.581. The molecule has 10 heteroatoms. The van der Waals surface area contributed by atoms with E-state index in [1.165, 1.54) is 12.1 Å². The van der Waals surface area contributed by atoms with Crippen LogP contribution >= 0.6 is 12.6 Å². The van der Waals surface area contributed by atoms with Crippen LogP contribution in [-0.4, -0.2) is 66.9 Å². The van der Waals surface area contributed by atoms with Crippen molar-refractivity contribution in [1.29, 1.82) is 0 Å². The van der Waals surface area contributed by atoms with Gasteiger partial charge in [-0.2, -0.15) is 12.6 Å². The third-order valence-electron chi connectivity index (χ3n) is 3.93. The lowest BCUT2D eigenvalue weighted by atomic mass is 10.2. The van der Waals surface area contributed by atoms with Gasteiger partial charge in [-0.25, -0.2) is 8.42 Å². The Morgan fingerprint density at radius 1 is 1.25 bits per heavy atom. The molecule has 7 nitrogen and oxygen atoms in total. The number of thiol groups is 1. The first kappa shape index (κ1) is 19.8. The van der Waals surface area contributed by atoms with Crippen molar-refractivity contribution >= 4 is 40.5 Å². The molecule has 1 fully saturated rings. The zero-order chi connectivity index (χ0) is 17.5. The highest BCUT2D eigenvalue weighted by Crippen LogP contribution is 2.23. The van der Waals surface area contributed by atoms with Crippen LogP contribution in [0.3, 0.4) is 0 Å². The Kier molecular flexibility index (Phi) is 8.14. The van der Waals surface area contributed by atoms with Crippen molar-refractivity contribution in [2.24, 2.45) is 0 Å². The van der Waals surface area contributed by atoms with E-state index >= 15 is 0 Å². The molecular weight excluding hydrogens is 370 g/mol. The fourth-order valence-corrected chi connectivity index (χ4v) is 3.87. The summed E-state index contributed by atoms with van der Waals surface area (Å²) in [5.41, 5.74) is 0.490. The van der Waals surface area contributed by atoms with Crippen LogP contribution in [0.1, 0.15) is 6.42 Å². The van der Waals surface area contributed by atoms with E-state index in [4.69, 9.17) is 4.55 Å². The second-order valence-corrected chi connectivity index (χ2v) is 7.83. The van der Waals surface area contributed by atoms with Crippen molar-refractivity contribution in [1.82, 2.24) is 10.2 Å². The molecule has 0 spiro atoms. The first-order valence-electron chi connectivity index (χ1n) is 7.67. The number of nitrogens with zero attached hydrogens (tertiary/aromatic N) is 1. The zero-order valence-electron chi connectivity index (χ0n) is 13.2. The largest absolute Gasteiger partial charge is 0.380 e. The van der Waals surface area contributed by atoms with E-state index in [-0.39, 0.29) is 15.8 Å². The number of hydrogen-bond donors (Lipinski definition) is 5. The van der Waals surface area contributed by atoms with Gasteiger partial charge in [-0.15, -0.1) is 0 Å².